The molecule has 0 heterocycles. The van der Waals surface area contributed by atoms with Gasteiger partial charge in [0, 0.05) is 23.9 Å². The van der Waals surface area contributed by atoms with Gasteiger partial charge in [0.1, 0.15) is 16.4 Å². The molecule has 0 atom stereocenters. The van der Waals surface area contributed by atoms with Crippen molar-refractivity contribution < 1.29 is 22.7 Å². The van der Waals surface area contributed by atoms with Crippen LogP contribution in [0.1, 0.15) is 29.6 Å². The van der Waals surface area contributed by atoms with Crippen LogP contribution < -0.4 is 14.2 Å². The molecular formula is C19H21Cl2NO5S. The summed E-state index contributed by atoms with van der Waals surface area (Å²) in [5.41, 5.74) is 0.499. The van der Waals surface area contributed by atoms with Crippen LogP contribution in [-0.4, -0.2) is 34.3 Å². The smallest absolute Gasteiger partial charge is 0.263 e. The zero-order chi connectivity index (χ0) is 20.7. The van der Waals surface area contributed by atoms with E-state index < -0.39 is 10.0 Å². The molecule has 0 aliphatic rings. The van der Waals surface area contributed by atoms with Crippen molar-refractivity contribution in [2.24, 2.45) is 0 Å². The molecule has 0 aromatic heterocycles. The largest absolute Gasteiger partial charge is 0.497 e. The summed E-state index contributed by atoms with van der Waals surface area (Å²) in [5.74, 6) is 1.11. The van der Waals surface area contributed by atoms with Gasteiger partial charge in [0.15, 0.2) is 5.78 Å². The Morgan fingerprint density at radius 3 is 2.46 bits per heavy atom. The Morgan fingerprint density at radius 1 is 1.07 bits per heavy atom. The van der Waals surface area contributed by atoms with Crippen LogP contribution >= 0.6 is 23.2 Å². The molecule has 2 aromatic carbocycles. The average molecular weight is 446 g/mol. The molecule has 0 aliphatic carbocycles. The van der Waals surface area contributed by atoms with E-state index in [2.05, 4.69) is 4.72 Å². The van der Waals surface area contributed by atoms with Gasteiger partial charge in [0.25, 0.3) is 10.0 Å². The molecule has 1 N–H and O–H groups in total. The minimum absolute atomic E-state index is 0.0114. The van der Waals surface area contributed by atoms with Crippen LogP contribution in [0.2, 0.25) is 5.02 Å². The lowest BCUT2D eigenvalue weighted by molar-refractivity contribution is 0.0979. The van der Waals surface area contributed by atoms with Crippen LogP contribution in [0.25, 0.3) is 0 Å². The van der Waals surface area contributed by atoms with E-state index in [-0.39, 0.29) is 39.1 Å². The Hall–Kier alpha value is -1.96. The Morgan fingerprint density at radius 2 is 1.82 bits per heavy atom. The van der Waals surface area contributed by atoms with E-state index in [0.717, 1.165) is 0 Å². The number of sulfonamides is 1. The summed E-state index contributed by atoms with van der Waals surface area (Å²) in [6.45, 7) is 0. The summed E-state index contributed by atoms with van der Waals surface area (Å²) in [6, 6.07) is 8.86. The molecule has 152 valence electrons. The van der Waals surface area contributed by atoms with Gasteiger partial charge < -0.3 is 9.47 Å². The van der Waals surface area contributed by atoms with E-state index in [9.17, 15) is 13.2 Å². The van der Waals surface area contributed by atoms with Crippen LogP contribution in [0.15, 0.2) is 41.3 Å². The van der Waals surface area contributed by atoms with Crippen LogP contribution in [-0.2, 0) is 10.0 Å². The van der Waals surface area contributed by atoms with E-state index in [4.69, 9.17) is 32.7 Å². The molecule has 0 saturated heterocycles. The molecule has 2 rings (SSSR count). The third-order valence-electron chi connectivity index (χ3n) is 3.98. The van der Waals surface area contributed by atoms with Gasteiger partial charge in [-0.15, -0.1) is 11.6 Å². The maximum Gasteiger partial charge on any atom is 0.263 e. The Labute approximate surface area is 174 Å². The summed E-state index contributed by atoms with van der Waals surface area (Å²) in [7, 11) is -1.14. The molecule has 0 saturated carbocycles. The number of alkyl halides is 1. The van der Waals surface area contributed by atoms with Gasteiger partial charge in [-0.3, -0.25) is 9.52 Å². The lowest BCUT2D eigenvalue weighted by atomic mass is 10.1. The van der Waals surface area contributed by atoms with Crippen molar-refractivity contribution >= 4 is 44.7 Å². The zero-order valence-electron chi connectivity index (χ0n) is 15.5. The molecule has 0 spiro atoms. The molecule has 0 unspecified atom stereocenters. The average Bonchev–Trinajstić information content (AvgIpc) is 2.68. The summed E-state index contributed by atoms with van der Waals surface area (Å²) >= 11 is 11.7. The van der Waals surface area contributed by atoms with E-state index in [1.165, 1.54) is 38.5 Å². The van der Waals surface area contributed by atoms with Crippen molar-refractivity contribution in [2.45, 2.75) is 24.2 Å². The number of carbonyl (C=O) groups is 1. The van der Waals surface area contributed by atoms with Crippen LogP contribution in [0.5, 0.6) is 11.5 Å². The maximum atomic E-state index is 12.9. The van der Waals surface area contributed by atoms with Gasteiger partial charge in [0.05, 0.1) is 24.9 Å². The zero-order valence-corrected chi connectivity index (χ0v) is 17.8. The predicted octanol–water partition coefficient (Wildman–Crippen LogP) is 4.75. The van der Waals surface area contributed by atoms with Gasteiger partial charge in [-0.1, -0.05) is 11.6 Å². The van der Waals surface area contributed by atoms with Crippen molar-refractivity contribution in [2.75, 3.05) is 24.8 Å². The van der Waals surface area contributed by atoms with Crippen molar-refractivity contribution in [3.8, 4) is 11.5 Å². The molecule has 0 bridgehead atoms. The molecule has 0 aliphatic heterocycles. The number of hydrogen-bond donors (Lipinski definition) is 1. The summed E-state index contributed by atoms with van der Waals surface area (Å²) in [6.07, 6.45) is 1.63. The summed E-state index contributed by atoms with van der Waals surface area (Å²) < 4.78 is 38.5. The van der Waals surface area contributed by atoms with Crippen LogP contribution in [0, 0.1) is 0 Å². The number of hydrogen-bond acceptors (Lipinski definition) is 5. The summed E-state index contributed by atoms with van der Waals surface area (Å²) in [5, 5.41) is 0.0114. The second-order valence-corrected chi connectivity index (χ2v) is 8.32. The highest BCUT2D eigenvalue weighted by Crippen LogP contribution is 2.32. The molecule has 28 heavy (non-hydrogen) atoms. The fourth-order valence-electron chi connectivity index (χ4n) is 2.49. The molecule has 0 radical (unpaired) electrons. The van der Waals surface area contributed by atoms with Crippen molar-refractivity contribution in [1.29, 1.82) is 0 Å². The molecular weight excluding hydrogens is 425 g/mol. The summed E-state index contributed by atoms with van der Waals surface area (Å²) in [4.78, 5) is 12.1. The first-order valence-electron chi connectivity index (χ1n) is 8.46. The minimum atomic E-state index is -4.05. The highest BCUT2D eigenvalue weighted by atomic mass is 35.5. The van der Waals surface area contributed by atoms with Crippen molar-refractivity contribution in [3.05, 3.63) is 47.0 Å². The van der Waals surface area contributed by atoms with Crippen LogP contribution in [0.4, 0.5) is 5.69 Å². The molecule has 9 heteroatoms. The number of unbranched alkanes of at least 4 members (excludes halogenated alkanes) is 1. The SMILES string of the molecule is COc1ccc(NS(=O)(=O)c2cc(C(=O)CCCCCl)ccc2Cl)c(OC)c1. The number of ether oxygens (including phenoxy) is 2. The standard InChI is InChI=1S/C19H21Cl2NO5S/c1-26-14-7-9-16(18(12-14)27-2)22-28(24,25)19-11-13(6-8-15(19)21)17(23)5-3-4-10-20/h6-9,11-12,22H,3-5,10H2,1-2H3. The van der Waals surface area contributed by atoms with E-state index >= 15 is 0 Å². The fourth-order valence-corrected chi connectivity index (χ4v) is 4.28. The van der Waals surface area contributed by atoms with Gasteiger partial charge in [-0.25, -0.2) is 8.42 Å². The van der Waals surface area contributed by atoms with Gasteiger partial charge >= 0.3 is 0 Å². The normalized spacial score (nSPS) is 11.1. The third-order valence-corrected chi connectivity index (χ3v) is 6.10. The first-order valence-corrected chi connectivity index (χ1v) is 10.9. The molecule has 0 fully saturated rings. The number of rotatable bonds is 10. The number of anilines is 1. The number of halogens is 2. The van der Waals surface area contributed by atoms with E-state index in [0.29, 0.717) is 24.5 Å². The Balaban J connectivity index is 2.33. The maximum absolute atomic E-state index is 12.9. The number of carbonyl (C=O) groups excluding carboxylic acids is 1. The van der Waals surface area contributed by atoms with E-state index in [1.807, 2.05) is 0 Å². The first kappa shape index (κ1) is 22.3. The Kier molecular flexibility index (Phi) is 7.98. The first-order chi connectivity index (χ1) is 13.3. The number of benzene rings is 2. The predicted molar refractivity (Wildman–Crippen MR) is 111 cm³/mol. The third kappa shape index (κ3) is 5.53. The van der Waals surface area contributed by atoms with E-state index in [1.54, 1.807) is 12.1 Å². The Bertz CT molecular complexity index is 947. The van der Waals surface area contributed by atoms with Gasteiger partial charge in [-0.05, 0) is 43.2 Å². The second kappa shape index (κ2) is 10.0. The van der Waals surface area contributed by atoms with Crippen molar-refractivity contribution in [3.63, 3.8) is 0 Å². The molecule has 2 aromatic rings. The van der Waals surface area contributed by atoms with Crippen LogP contribution in [0.3, 0.4) is 0 Å². The number of nitrogens with one attached hydrogen (secondary N) is 1. The number of methoxy groups -OCH3 is 2. The lowest BCUT2D eigenvalue weighted by Crippen LogP contribution is -2.15. The molecule has 6 nitrogen and oxygen atoms in total. The quantitative estimate of drug-likeness (QED) is 0.324. The highest BCUT2D eigenvalue weighted by Gasteiger charge is 2.22. The fraction of sp³-hybridized carbons (Fsp3) is 0.316. The minimum Gasteiger partial charge on any atom is -0.497 e. The number of Topliss-reactive ketones (excluding diaryl/α,β-unsaturated/α-hetero) is 1. The topological polar surface area (TPSA) is 81.7 Å². The highest BCUT2D eigenvalue weighted by molar-refractivity contribution is 7.92. The molecule has 0 amide bonds. The van der Waals surface area contributed by atoms with Gasteiger partial charge in [-0.2, -0.15) is 0 Å². The lowest BCUT2D eigenvalue weighted by Gasteiger charge is -2.14. The van der Waals surface area contributed by atoms with Crippen molar-refractivity contribution in [1.82, 2.24) is 0 Å². The monoisotopic (exact) mass is 445 g/mol. The second-order valence-electron chi connectivity index (χ2n) is 5.89. The van der Waals surface area contributed by atoms with Gasteiger partial charge in [0.2, 0.25) is 0 Å². The number of ketones is 1.